The van der Waals surface area contributed by atoms with Gasteiger partial charge >= 0.3 is 0 Å². The molecular weight excluding hydrogens is 254 g/mol. The summed E-state index contributed by atoms with van der Waals surface area (Å²) in [5, 5.41) is 3.07. The number of nitrogen functional groups attached to an aromatic ring is 1. The van der Waals surface area contributed by atoms with E-state index in [9.17, 15) is 4.79 Å². The number of hydrogen-bond acceptors (Lipinski definition) is 5. The number of aromatic nitrogens is 2. The van der Waals surface area contributed by atoms with Crippen LogP contribution in [0.25, 0.3) is 0 Å². The molecule has 1 amide bonds. The van der Waals surface area contributed by atoms with Crippen LogP contribution in [0, 0.1) is 17.8 Å². The highest BCUT2D eigenvalue weighted by Gasteiger charge is 2.42. The lowest BCUT2D eigenvalue weighted by Crippen LogP contribution is -2.40. The Balaban J connectivity index is 1.60. The topological polar surface area (TPSA) is 92.9 Å². The molecule has 2 bridgehead atoms. The van der Waals surface area contributed by atoms with E-state index >= 15 is 0 Å². The van der Waals surface area contributed by atoms with Crippen LogP contribution in [0.5, 0.6) is 0 Å². The smallest absolute Gasteiger partial charge is 0.271 e. The summed E-state index contributed by atoms with van der Waals surface area (Å²) < 4.78 is 0. The van der Waals surface area contributed by atoms with Crippen molar-refractivity contribution in [2.75, 3.05) is 5.43 Å². The van der Waals surface area contributed by atoms with Gasteiger partial charge in [0.05, 0.1) is 12.4 Å². The second kappa shape index (κ2) is 5.36. The second-order valence-electron chi connectivity index (χ2n) is 6.03. The molecule has 2 saturated carbocycles. The number of amides is 1. The van der Waals surface area contributed by atoms with Crippen molar-refractivity contribution in [3.05, 3.63) is 18.1 Å². The zero-order chi connectivity index (χ0) is 14.1. The highest BCUT2D eigenvalue weighted by atomic mass is 16.1. The molecule has 0 spiro atoms. The van der Waals surface area contributed by atoms with Gasteiger partial charge in [0.2, 0.25) is 0 Å². The molecule has 2 aliphatic rings. The Bertz CT molecular complexity index is 489. The SMILES string of the molecule is CC(NC(=O)c1cnc(NN)cn1)C1CC2CCC1C2. The van der Waals surface area contributed by atoms with Gasteiger partial charge in [-0.2, -0.15) is 0 Å². The molecule has 108 valence electrons. The van der Waals surface area contributed by atoms with Crippen molar-refractivity contribution < 1.29 is 4.79 Å². The Labute approximate surface area is 118 Å². The molecular formula is C14H21N5O. The number of hydrogen-bond donors (Lipinski definition) is 3. The van der Waals surface area contributed by atoms with Crippen LogP contribution in [0.15, 0.2) is 12.4 Å². The van der Waals surface area contributed by atoms with E-state index in [0.29, 0.717) is 17.4 Å². The number of carbonyl (C=O) groups excluding carboxylic acids is 1. The summed E-state index contributed by atoms with van der Waals surface area (Å²) >= 11 is 0. The van der Waals surface area contributed by atoms with Crippen molar-refractivity contribution in [1.29, 1.82) is 0 Å². The maximum Gasteiger partial charge on any atom is 0.271 e. The summed E-state index contributed by atoms with van der Waals surface area (Å²) in [5.74, 6) is 7.82. The van der Waals surface area contributed by atoms with E-state index in [4.69, 9.17) is 5.84 Å². The van der Waals surface area contributed by atoms with Crippen molar-refractivity contribution >= 4 is 11.7 Å². The Morgan fingerprint density at radius 3 is 2.75 bits per heavy atom. The van der Waals surface area contributed by atoms with E-state index in [1.54, 1.807) is 0 Å². The molecule has 20 heavy (non-hydrogen) atoms. The predicted molar refractivity (Wildman–Crippen MR) is 75.7 cm³/mol. The van der Waals surface area contributed by atoms with Gasteiger partial charge in [0, 0.05) is 6.04 Å². The molecule has 2 fully saturated rings. The van der Waals surface area contributed by atoms with Gasteiger partial charge in [-0.25, -0.2) is 15.8 Å². The molecule has 3 rings (SSSR count). The number of anilines is 1. The fourth-order valence-electron chi connectivity index (χ4n) is 3.81. The van der Waals surface area contributed by atoms with E-state index in [-0.39, 0.29) is 11.9 Å². The van der Waals surface area contributed by atoms with Crippen LogP contribution in [0.4, 0.5) is 5.82 Å². The zero-order valence-corrected chi connectivity index (χ0v) is 11.7. The van der Waals surface area contributed by atoms with Crippen LogP contribution in [0.3, 0.4) is 0 Å². The molecule has 2 aliphatic carbocycles. The van der Waals surface area contributed by atoms with Gasteiger partial charge in [0.25, 0.3) is 5.91 Å². The molecule has 0 aromatic carbocycles. The summed E-state index contributed by atoms with van der Waals surface area (Å²) in [6, 6.07) is 0.201. The molecule has 6 heteroatoms. The fourth-order valence-corrected chi connectivity index (χ4v) is 3.81. The first kappa shape index (κ1) is 13.3. The highest BCUT2D eigenvalue weighted by molar-refractivity contribution is 5.92. The van der Waals surface area contributed by atoms with Crippen molar-refractivity contribution in [1.82, 2.24) is 15.3 Å². The third kappa shape index (κ3) is 2.47. The van der Waals surface area contributed by atoms with Crippen molar-refractivity contribution in [3.63, 3.8) is 0 Å². The fraction of sp³-hybridized carbons (Fsp3) is 0.643. The minimum Gasteiger partial charge on any atom is -0.348 e. The van der Waals surface area contributed by atoms with E-state index < -0.39 is 0 Å². The highest BCUT2D eigenvalue weighted by Crippen LogP contribution is 2.49. The Morgan fingerprint density at radius 2 is 2.20 bits per heavy atom. The van der Waals surface area contributed by atoms with E-state index in [2.05, 4.69) is 27.6 Å². The Morgan fingerprint density at radius 1 is 1.35 bits per heavy atom. The zero-order valence-electron chi connectivity index (χ0n) is 11.7. The number of hydrazine groups is 1. The molecule has 1 aromatic heterocycles. The monoisotopic (exact) mass is 275 g/mol. The van der Waals surface area contributed by atoms with Crippen LogP contribution in [-0.2, 0) is 0 Å². The Kier molecular flexibility index (Phi) is 3.56. The summed E-state index contributed by atoms with van der Waals surface area (Å²) in [5.41, 5.74) is 2.72. The number of nitrogens with zero attached hydrogens (tertiary/aromatic N) is 2. The average Bonchev–Trinajstić information content (AvgIpc) is 3.10. The molecule has 0 radical (unpaired) electrons. The molecule has 0 saturated heterocycles. The van der Waals surface area contributed by atoms with Gasteiger partial charge in [-0.05, 0) is 43.9 Å². The first-order chi connectivity index (χ1) is 9.67. The standard InChI is InChI=1S/C14H21N5O/c1-8(11-5-9-2-3-10(11)4-9)18-14(20)12-6-17-13(19-15)7-16-12/h6-11H,2-5,15H2,1H3,(H,17,19)(H,18,20). The minimum absolute atomic E-state index is 0.156. The van der Waals surface area contributed by atoms with Crippen LogP contribution in [0.2, 0.25) is 0 Å². The summed E-state index contributed by atoms with van der Waals surface area (Å²) in [4.78, 5) is 20.2. The largest absolute Gasteiger partial charge is 0.348 e. The summed E-state index contributed by atoms with van der Waals surface area (Å²) in [7, 11) is 0. The number of rotatable bonds is 4. The summed E-state index contributed by atoms with van der Waals surface area (Å²) in [6.45, 7) is 2.10. The van der Waals surface area contributed by atoms with Gasteiger partial charge in [-0.3, -0.25) is 4.79 Å². The van der Waals surface area contributed by atoms with Gasteiger partial charge in [0.1, 0.15) is 5.69 Å². The average molecular weight is 275 g/mol. The van der Waals surface area contributed by atoms with Crippen molar-refractivity contribution in [3.8, 4) is 0 Å². The number of carbonyl (C=O) groups is 1. The van der Waals surface area contributed by atoms with Crippen molar-refractivity contribution in [2.24, 2.45) is 23.6 Å². The van der Waals surface area contributed by atoms with Gasteiger partial charge in [0.15, 0.2) is 5.82 Å². The number of fused-ring (bicyclic) bond motifs is 2. The maximum atomic E-state index is 12.2. The Hall–Kier alpha value is -1.69. The molecule has 1 heterocycles. The van der Waals surface area contributed by atoms with Crippen molar-refractivity contribution in [2.45, 2.75) is 38.6 Å². The molecule has 1 aromatic rings. The third-order valence-corrected chi connectivity index (χ3v) is 4.83. The van der Waals surface area contributed by atoms with E-state index in [1.165, 1.54) is 38.1 Å². The van der Waals surface area contributed by atoms with Gasteiger partial charge in [-0.15, -0.1) is 0 Å². The van der Waals surface area contributed by atoms with E-state index in [1.807, 2.05) is 0 Å². The molecule has 4 N–H and O–H groups in total. The quantitative estimate of drug-likeness (QED) is 0.569. The first-order valence-electron chi connectivity index (χ1n) is 7.27. The van der Waals surface area contributed by atoms with Gasteiger partial charge < -0.3 is 10.7 Å². The number of nitrogens with two attached hydrogens (primary N) is 1. The molecule has 4 unspecified atom stereocenters. The molecule has 6 nitrogen and oxygen atoms in total. The lowest BCUT2D eigenvalue weighted by atomic mass is 9.84. The van der Waals surface area contributed by atoms with Crippen LogP contribution >= 0.6 is 0 Å². The van der Waals surface area contributed by atoms with Crippen LogP contribution in [0.1, 0.15) is 43.1 Å². The lowest BCUT2D eigenvalue weighted by molar-refractivity contribution is 0.0910. The van der Waals surface area contributed by atoms with Crippen LogP contribution in [-0.4, -0.2) is 21.9 Å². The van der Waals surface area contributed by atoms with Crippen LogP contribution < -0.4 is 16.6 Å². The summed E-state index contributed by atoms with van der Waals surface area (Å²) in [6.07, 6.45) is 8.21. The minimum atomic E-state index is -0.156. The maximum absolute atomic E-state index is 12.2. The van der Waals surface area contributed by atoms with E-state index in [0.717, 1.165) is 11.8 Å². The molecule has 0 aliphatic heterocycles. The third-order valence-electron chi connectivity index (χ3n) is 4.83. The number of nitrogens with one attached hydrogen (secondary N) is 2. The lowest BCUT2D eigenvalue weighted by Gasteiger charge is -2.28. The van der Waals surface area contributed by atoms with Gasteiger partial charge in [-0.1, -0.05) is 6.42 Å². The normalized spacial score (nSPS) is 29.2. The first-order valence-corrected chi connectivity index (χ1v) is 7.27. The second-order valence-corrected chi connectivity index (χ2v) is 6.03. The molecule has 4 atom stereocenters. The predicted octanol–water partition coefficient (Wildman–Crippen LogP) is 1.32.